The SMILES string of the molecule is COc1cc(NC2CC(O)C2)c([N+](=O)[O-])cc1OC. The van der Waals surface area contributed by atoms with Gasteiger partial charge < -0.3 is 19.9 Å². The molecular weight excluding hydrogens is 252 g/mol. The van der Waals surface area contributed by atoms with E-state index in [0.717, 1.165) is 0 Å². The molecule has 0 spiro atoms. The summed E-state index contributed by atoms with van der Waals surface area (Å²) in [4.78, 5) is 10.6. The number of ether oxygens (including phenoxy) is 2. The third-order valence-electron chi connectivity index (χ3n) is 3.17. The zero-order valence-corrected chi connectivity index (χ0v) is 10.8. The van der Waals surface area contributed by atoms with E-state index < -0.39 is 4.92 Å². The molecule has 104 valence electrons. The Morgan fingerprint density at radius 3 is 2.37 bits per heavy atom. The molecule has 0 heterocycles. The summed E-state index contributed by atoms with van der Waals surface area (Å²) in [7, 11) is 2.90. The van der Waals surface area contributed by atoms with E-state index in [2.05, 4.69) is 5.32 Å². The largest absolute Gasteiger partial charge is 0.493 e. The lowest BCUT2D eigenvalue weighted by molar-refractivity contribution is -0.384. The average molecular weight is 268 g/mol. The molecule has 0 unspecified atom stereocenters. The summed E-state index contributed by atoms with van der Waals surface area (Å²) in [5.41, 5.74) is 0.304. The minimum absolute atomic E-state index is 0.0480. The predicted molar refractivity (Wildman–Crippen MR) is 68.9 cm³/mol. The first-order valence-corrected chi connectivity index (χ1v) is 5.90. The summed E-state index contributed by atoms with van der Waals surface area (Å²) >= 11 is 0. The number of nitrogens with one attached hydrogen (secondary N) is 1. The van der Waals surface area contributed by atoms with Crippen LogP contribution in [0, 0.1) is 10.1 Å². The predicted octanol–water partition coefficient (Wildman–Crippen LogP) is 1.55. The molecule has 1 aliphatic carbocycles. The van der Waals surface area contributed by atoms with Crippen LogP contribution in [-0.4, -0.2) is 36.4 Å². The molecule has 1 aromatic carbocycles. The molecule has 1 saturated carbocycles. The van der Waals surface area contributed by atoms with Gasteiger partial charge >= 0.3 is 0 Å². The lowest BCUT2D eigenvalue weighted by atomic mass is 9.89. The van der Waals surface area contributed by atoms with Crippen LogP contribution in [0.2, 0.25) is 0 Å². The number of nitro groups is 1. The van der Waals surface area contributed by atoms with E-state index in [1.165, 1.54) is 20.3 Å². The van der Waals surface area contributed by atoms with Crippen molar-refractivity contribution in [2.45, 2.75) is 25.0 Å². The van der Waals surface area contributed by atoms with Crippen LogP contribution in [0.15, 0.2) is 12.1 Å². The molecule has 0 aliphatic heterocycles. The molecule has 1 aromatic rings. The highest BCUT2D eigenvalue weighted by Gasteiger charge is 2.29. The highest BCUT2D eigenvalue weighted by molar-refractivity contribution is 5.69. The van der Waals surface area contributed by atoms with Crippen molar-refractivity contribution in [2.24, 2.45) is 0 Å². The maximum Gasteiger partial charge on any atom is 0.296 e. The molecule has 7 nitrogen and oxygen atoms in total. The maximum atomic E-state index is 11.1. The van der Waals surface area contributed by atoms with Gasteiger partial charge in [0.15, 0.2) is 11.5 Å². The van der Waals surface area contributed by atoms with Crippen molar-refractivity contribution >= 4 is 11.4 Å². The number of nitro benzene ring substituents is 1. The second-order valence-corrected chi connectivity index (χ2v) is 4.45. The fraction of sp³-hybridized carbons (Fsp3) is 0.500. The number of rotatable bonds is 5. The Balaban J connectivity index is 2.31. The molecule has 0 atom stereocenters. The van der Waals surface area contributed by atoms with Crippen LogP contribution in [-0.2, 0) is 0 Å². The van der Waals surface area contributed by atoms with Crippen LogP contribution in [0.4, 0.5) is 11.4 Å². The fourth-order valence-electron chi connectivity index (χ4n) is 2.06. The Bertz CT molecular complexity index is 485. The molecule has 0 bridgehead atoms. The highest BCUT2D eigenvalue weighted by atomic mass is 16.6. The average Bonchev–Trinajstić information content (AvgIpc) is 2.35. The standard InChI is InChI=1S/C12H16N2O5/c1-18-11-5-9(13-7-3-8(15)4-7)10(14(16)17)6-12(11)19-2/h5-8,13,15H,3-4H2,1-2H3. The third-order valence-corrected chi connectivity index (χ3v) is 3.17. The van der Waals surface area contributed by atoms with Gasteiger partial charge in [0.05, 0.1) is 31.3 Å². The number of nitrogens with zero attached hydrogens (tertiary/aromatic N) is 1. The van der Waals surface area contributed by atoms with Gasteiger partial charge in [-0.15, -0.1) is 0 Å². The Labute approximate surface area is 110 Å². The van der Waals surface area contributed by atoms with Gasteiger partial charge in [-0.3, -0.25) is 10.1 Å². The third kappa shape index (κ3) is 2.70. The summed E-state index contributed by atoms with van der Waals surface area (Å²) in [5.74, 6) is 0.740. The lowest BCUT2D eigenvalue weighted by Crippen LogP contribution is -2.39. The Kier molecular flexibility index (Phi) is 3.75. The smallest absolute Gasteiger partial charge is 0.296 e. The van der Waals surface area contributed by atoms with Gasteiger partial charge in [0.25, 0.3) is 5.69 Å². The van der Waals surface area contributed by atoms with Gasteiger partial charge in [0, 0.05) is 12.1 Å². The van der Waals surface area contributed by atoms with Gasteiger partial charge in [-0.1, -0.05) is 0 Å². The van der Waals surface area contributed by atoms with Crippen molar-refractivity contribution in [3.63, 3.8) is 0 Å². The zero-order valence-electron chi connectivity index (χ0n) is 10.8. The van der Waals surface area contributed by atoms with E-state index in [4.69, 9.17) is 9.47 Å². The number of hydrogen-bond donors (Lipinski definition) is 2. The van der Waals surface area contributed by atoms with Crippen LogP contribution >= 0.6 is 0 Å². The molecule has 0 saturated heterocycles. The van der Waals surface area contributed by atoms with E-state index in [-0.39, 0.29) is 17.8 Å². The summed E-state index contributed by atoms with van der Waals surface area (Å²) in [6.45, 7) is 0. The highest BCUT2D eigenvalue weighted by Crippen LogP contribution is 2.39. The number of aliphatic hydroxyl groups excluding tert-OH is 1. The molecule has 0 aromatic heterocycles. The van der Waals surface area contributed by atoms with Crippen LogP contribution in [0.3, 0.4) is 0 Å². The van der Waals surface area contributed by atoms with Gasteiger partial charge in [-0.05, 0) is 12.8 Å². The molecule has 2 N–H and O–H groups in total. The minimum Gasteiger partial charge on any atom is -0.493 e. The summed E-state index contributed by atoms with van der Waals surface area (Å²) in [6.07, 6.45) is 0.855. The van der Waals surface area contributed by atoms with Crippen molar-refractivity contribution < 1.29 is 19.5 Å². The second kappa shape index (κ2) is 5.31. The normalized spacial score (nSPS) is 21.4. The number of methoxy groups -OCH3 is 2. The van der Waals surface area contributed by atoms with E-state index in [1.54, 1.807) is 6.07 Å². The Morgan fingerprint density at radius 1 is 1.32 bits per heavy atom. The molecular formula is C12H16N2O5. The Morgan fingerprint density at radius 2 is 1.89 bits per heavy atom. The van der Waals surface area contributed by atoms with Crippen molar-refractivity contribution in [1.29, 1.82) is 0 Å². The molecule has 7 heteroatoms. The van der Waals surface area contributed by atoms with Gasteiger partial charge in [-0.25, -0.2) is 0 Å². The number of hydrogen-bond acceptors (Lipinski definition) is 6. The zero-order chi connectivity index (χ0) is 14.0. The topological polar surface area (TPSA) is 93.9 Å². The van der Waals surface area contributed by atoms with Crippen molar-refractivity contribution in [1.82, 2.24) is 0 Å². The molecule has 0 amide bonds. The summed E-state index contributed by atoms with van der Waals surface area (Å²) in [6, 6.07) is 2.92. The van der Waals surface area contributed by atoms with Crippen LogP contribution in [0.1, 0.15) is 12.8 Å². The second-order valence-electron chi connectivity index (χ2n) is 4.45. The minimum atomic E-state index is -0.473. The quantitative estimate of drug-likeness (QED) is 0.621. The van der Waals surface area contributed by atoms with E-state index in [9.17, 15) is 15.2 Å². The molecule has 2 rings (SSSR count). The molecule has 1 fully saturated rings. The van der Waals surface area contributed by atoms with Gasteiger partial charge in [0.2, 0.25) is 0 Å². The van der Waals surface area contributed by atoms with Crippen LogP contribution in [0.5, 0.6) is 11.5 Å². The van der Waals surface area contributed by atoms with E-state index >= 15 is 0 Å². The number of aliphatic hydroxyl groups is 1. The van der Waals surface area contributed by atoms with Crippen LogP contribution < -0.4 is 14.8 Å². The number of anilines is 1. The first-order chi connectivity index (χ1) is 9.05. The van der Waals surface area contributed by atoms with E-state index in [1.807, 2.05) is 0 Å². The summed E-state index contributed by atoms with van der Waals surface area (Å²) < 4.78 is 10.2. The summed E-state index contributed by atoms with van der Waals surface area (Å²) in [5, 5.41) is 23.3. The first-order valence-electron chi connectivity index (χ1n) is 5.90. The fourth-order valence-corrected chi connectivity index (χ4v) is 2.06. The molecule has 19 heavy (non-hydrogen) atoms. The van der Waals surface area contributed by atoms with Gasteiger partial charge in [-0.2, -0.15) is 0 Å². The Hall–Kier alpha value is -2.02. The van der Waals surface area contributed by atoms with E-state index in [0.29, 0.717) is 30.0 Å². The lowest BCUT2D eigenvalue weighted by Gasteiger charge is -2.32. The van der Waals surface area contributed by atoms with Crippen LogP contribution in [0.25, 0.3) is 0 Å². The number of benzene rings is 1. The maximum absolute atomic E-state index is 11.1. The van der Waals surface area contributed by atoms with Crippen molar-refractivity contribution in [3.05, 3.63) is 22.2 Å². The van der Waals surface area contributed by atoms with Crippen molar-refractivity contribution in [3.8, 4) is 11.5 Å². The van der Waals surface area contributed by atoms with Gasteiger partial charge in [0.1, 0.15) is 5.69 Å². The van der Waals surface area contributed by atoms with Crippen molar-refractivity contribution in [2.75, 3.05) is 19.5 Å². The monoisotopic (exact) mass is 268 g/mol. The molecule has 1 aliphatic rings. The molecule has 0 radical (unpaired) electrons. The first kappa shape index (κ1) is 13.4.